The van der Waals surface area contributed by atoms with Crippen LogP contribution < -0.4 is 10.6 Å². The molecule has 0 unspecified atom stereocenters. The fourth-order valence-corrected chi connectivity index (χ4v) is 1.63. The van der Waals surface area contributed by atoms with Gasteiger partial charge in [0.05, 0.1) is 11.4 Å². The molecule has 0 aromatic heterocycles. The lowest BCUT2D eigenvalue weighted by molar-refractivity contribution is 0.585. The highest BCUT2D eigenvalue weighted by molar-refractivity contribution is 6.31. The fourth-order valence-electron chi connectivity index (χ4n) is 1.45. The van der Waals surface area contributed by atoms with E-state index < -0.39 is 0 Å². The van der Waals surface area contributed by atoms with Gasteiger partial charge in [-0.25, -0.2) is 0 Å². The van der Waals surface area contributed by atoms with Gasteiger partial charge in [-0.15, -0.1) is 0 Å². The molecule has 0 fully saturated rings. The number of nitrogen functional groups attached to an aromatic ring is 1. The SMILES string of the molecule is CC(C)CCN(C)c1ccc(Cl)cc1N. The van der Waals surface area contributed by atoms with Gasteiger partial charge in [-0.05, 0) is 30.5 Å². The highest BCUT2D eigenvalue weighted by Gasteiger charge is 2.06. The summed E-state index contributed by atoms with van der Waals surface area (Å²) in [5.41, 5.74) is 7.70. The van der Waals surface area contributed by atoms with Gasteiger partial charge in [-0.2, -0.15) is 0 Å². The zero-order chi connectivity index (χ0) is 11.4. The van der Waals surface area contributed by atoms with Crippen LogP contribution in [0, 0.1) is 5.92 Å². The van der Waals surface area contributed by atoms with Crippen LogP contribution in [0.3, 0.4) is 0 Å². The molecule has 0 amide bonds. The standard InChI is InChI=1S/C12H19ClN2/c1-9(2)6-7-15(3)12-5-4-10(13)8-11(12)14/h4-5,8-9H,6-7,14H2,1-3H3. The van der Waals surface area contributed by atoms with E-state index in [0.717, 1.165) is 17.9 Å². The summed E-state index contributed by atoms with van der Waals surface area (Å²) in [7, 11) is 2.06. The molecule has 15 heavy (non-hydrogen) atoms. The predicted octanol–water partition coefficient (Wildman–Crippen LogP) is 3.40. The second kappa shape index (κ2) is 5.26. The van der Waals surface area contributed by atoms with Crippen LogP contribution in [0.4, 0.5) is 11.4 Å². The summed E-state index contributed by atoms with van der Waals surface area (Å²) in [6.07, 6.45) is 1.17. The number of hydrogen-bond donors (Lipinski definition) is 1. The Balaban J connectivity index is 2.69. The second-order valence-electron chi connectivity index (χ2n) is 4.31. The third kappa shape index (κ3) is 3.63. The molecule has 0 spiro atoms. The summed E-state index contributed by atoms with van der Waals surface area (Å²) in [6, 6.07) is 5.64. The topological polar surface area (TPSA) is 29.3 Å². The predicted molar refractivity (Wildman–Crippen MR) is 68.6 cm³/mol. The van der Waals surface area contributed by atoms with E-state index in [1.54, 1.807) is 6.07 Å². The molecular formula is C12H19ClN2. The molecule has 2 N–H and O–H groups in total. The van der Waals surface area contributed by atoms with Crippen molar-refractivity contribution >= 4 is 23.0 Å². The van der Waals surface area contributed by atoms with Crippen LogP contribution in [-0.2, 0) is 0 Å². The number of halogens is 1. The number of benzene rings is 1. The Labute approximate surface area is 97.0 Å². The molecule has 84 valence electrons. The lowest BCUT2D eigenvalue weighted by Crippen LogP contribution is -2.20. The summed E-state index contributed by atoms with van der Waals surface area (Å²) >= 11 is 5.85. The molecule has 2 nitrogen and oxygen atoms in total. The van der Waals surface area contributed by atoms with Crippen LogP contribution >= 0.6 is 11.6 Å². The van der Waals surface area contributed by atoms with E-state index in [-0.39, 0.29) is 0 Å². The van der Waals surface area contributed by atoms with Crippen LogP contribution in [0.1, 0.15) is 20.3 Å². The Kier molecular flexibility index (Phi) is 4.28. The van der Waals surface area contributed by atoms with Crippen molar-refractivity contribution in [1.29, 1.82) is 0 Å². The first kappa shape index (κ1) is 12.2. The van der Waals surface area contributed by atoms with Crippen molar-refractivity contribution in [3.8, 4) is 0 Å². The van der Waals surface area contributed by atoms with E-state index in [4.69, 9.17) is 17.3 Å². The zero-order valence-electron chi connectivity index (χ0n) is 9.63. The molecule has 0 heterocycles. The molecule has 1 aromatic carbocycles. The second-order valence-corrected chi connectivity index (χ2v) is 4.74. The first-order chi connectivity index (χ1) is 7.00. The first-order valence-electron chi connectivity index (χ1n) is 5.27. The van der Waals surface area contributed by atoms with Gasteiger partial charge in [0.25, 0.3) is 0 Å². The maximum Gasteiger partial charge on any atom is 0.0598 e. The van der Waals surface area contributed by atoms with Gasteiger partial charge >= 0.3 is 0 Å². The van der Waals surface area contributed by atoms with Crippen molar-refractivity contribution in [2.24, 2.45) is 5.92 Å². The van der Waals surface area contributed by atoms with Gasteiger partial charge in [0.1, 0.15) is 0 Å². The summed E-state index contributed by atoms with van der Waals surface area (Å²) < 4.78 is 0. The molecule has 0 aliphatic carbocycles. The molecule has 0 aliphatic heterocycles. The summed E-state index contributed by atoms with van der Waals surface area (Å²) in [5.74, 6) is 0.709. The van der Waals surface area contributed by atoms with Crippen molar-refractivity contribution in [2.75, 3.05) is 24.2 Å². The maximum atomic E-state index is 5.90. The smallest absolute Gasteiger partial charge is 0.0598 e. The number of hydrogen-bond acceptors (Lipinski definition) is 2. The van der Waals surface area contributed by atoms with Crippen molar-refractivity contribution in [1.82, 2.24) is 0 Å². The van der Waals surface area contributed by atoms with E-state index in [9.17, 15) is 0 Å². The third-order valence-electron chi connectivity index (χ3n) is 2.44. The third-order valence-corrected chi connectivity index (χ3v) is 2.68. The van der Waals surface area contributed by atoms with Crippen molar-refractivity contribution < 1.29 is 0 Å². The zero-order valence-corrected chi connectivity index (χ0v) is 10.4. The van der Waals surface area contributed by atoms with E-state index in [0.29, 0.717) is 10.9 Å². The van der Waals surface area contributed by atoms with E-state index >= 15 is 0 Å². The summed E-state index contributed by atoms with van der Waals surface area (Å²) in [4.78, 5) is 2.17. The Hall–Kier alpha value is -0.890. The van der Waals surface area contributed by atoms with Gasteiger partial charge in [0, 0.05) is 18.6 Å². The minimum atomic E-state index is 0.688. The summed E-state index contributed by atoms with van der Waals surface area (Å²) in [5, 5.41) is 0.688. The highest BCUT2D eigenvalue weighted by atomic mass is 35.5. The molecular weight excluding hydrogens is 208 g/mol. The molecule has 0 bridgehead atoms. The number of nitrogens with zero attached hydrogens (tertiary/aromatic N) is 1. The van der Waals surface area contributed by atoms with E-state index in [1.165, 1.54) is 6.42 Å². The molecule has 0 aliphatic rings. The highest BCUT2D eigenvalue weighted by Crippen LogP contribution is 2.25. The fraction of sp³-hybridized carbons (Fsp3) is 0.500. The number of anilines is 2. The molecule has 1 rings (SSSR count). The van der Waals surface area contributed by atoms with Crippen LogP contribution in [-0.4, -0.2) is 13.6 Å². The van der Waals surface area contributed by atoms with E-state index in [1.807, 2.05) is 12.1 Å². The average molecular weight is 227 g/mol. The van der Waals surface area contributed by atoms with Gasteiger partial charge in [0.15, 0.2) is 0 Å². The van der Waals surface area contributed by atoms with Gasteiger partial charge in [-0.1, -0.05) is 25.4 Å². The van der Waals surface area contributed by atoms with Crippen LogP contribution in [0.15, 0.2) is 18.2 Å². The molecule has 0 atom stereocenters. The van der Waals surface area contributed by atoms with E-state index in [2.05, 4.69) is 25.8 Å². The van der Waals surface area contributed by atoms with Crippen LogP contribution in [0.5, 0.6) is 0 Å². The van der Waals surface area contributed by atoms with Gasteiger partial charge in [-0.3, -0.25) is 0 Å². The monoisotopic (exact) mass is 226 g/mol. The van der Waals surface area contributed by atoms with Crippen molar-refractivity contribution in [3.05, 3.63) is 23.2 Å². The minimum Gasteiger partial charge on any atom is -0.397 e. The molecule has 0 saturated heterocycles. The molecule has 0 saturated carbocycles. The lowest BCUT2D eigenvalue weighted by atomic mass is 10.1. The normalized spacial score (nSPS) is 10.7. The Bertz CT molecular complexity index is 323. The van der Waals surface area contributed by atoms with Crippen LogP contribution in [0.2, 0.25) is 5.02 Å². The quantitative estimate of drug-likeness (QED) is 0.798. The van der Waals surface area contributed by atoms with Gasteiger partial charge in [0.2, 0.25) is 0 Å². The maximum absolute atomic E-state index is 5.90. The van der Waals surface area contributed by atoms with Crippen molar-refractivity contribution in [3.63, 3.8) is 0 Å². The lowest BCUT2D eigenvalue weighted by Gasteiger charge is -2.22. The first-order valence-corrected chi connectivity index (χ1v) is 5.64. The Morgan fingerprint density at radius 2 is 2.07 bits per heavy atom. The number of nitrogens with two attached hydrogens (primary N) is 1. The molecule has 1 aromatic rings. The minimum absolute atomic E-state index is 0.688. The summed E-state index contributed by atoms with van der Waals surface area (Å²) in [6.45, 7) is 5.46. The molecule has 0 radical (unpaired) electrons. The Morgan fingerprint density at radius 3 is 2.60 bits per heavy atom. The number of rotatable bonds is 4. The van der Waals surface area contributed by atoms with Crippen LogP contribution in [0.25, 0.3) is 0 Å². The average Bonchev–Trinajstić information content (AvgIpc) is 2.14. The van der Waals surface area contributed by atoms with Crippen molar-refractivity contribution in [2.45, 2.75) is 20.3 Å². The molecule has 3 heteroatoms. The Morgan fingerprint density at radius 1 is 1.40 bits per heavy atom. The largest absolute Gasteiger partial charge is 0.397 e. The van der Waals surface area contributed by atoms with Gasteiger partial charge < -0.3 is 10.6 Å².